The molecule has 1 atom stereocenters. The zero-order valence-corrected chi connectivity index (χ0v) is 12.4. The van der Waals surface area contributed by atoms with Crippen LogP contribution in [-0.4, -0.2) is 36.3 Å². The molecule has 1 N–H and O–H groups in total. The van der Waals surface area contributed by atoms with Crippen LogP contribution in [0.4, 0.5) is 11.5 Å². The van der Waals surface area contributed by atoms with Crippen molar-refractivity contribution in [3.05, 3.63) is 42.6 Å². The average molecular weight is 298 g/mol. The maximum Gasteiger partial charge on any atom is 0.229 e. The molecule has 114 valence electrons. The lowest BCUT2D eigenvalue weighted by Crippen LogP contribution is -2.27. The maximum absolute atomic E-state index is 12.3. The van der Waals surface area contributed by atoms with Gasteiger partial charge in [-0.2, -0.15) is 5.10 Å². The minimum atomic E-state index is -0.0379. The molecule has 1 fully saturated rings. The Balaban J connectivity index is 1.59. The third-order valence-electron chi connectivity index (χ3n) is 3.80. The summed E-state index contributed by atoms with van der Waals surface area (Å²) in [6.07, 6.45) is 2.46. The number of carbonyl (C=O) groups excluding carboxylic acids is 1. The number of methoxy groups -OCH3 is 1. The molecule has 2 heterocycles. The zero-order chi connectivity index (χ0) is 15.4. The first-order chi connectivity index (χ1) is 10.8. The second-order valence-corrected chi connectivity index (χ2v) is 5.23. The van der Waals surface area contributed by atoms with Gasteiger partial charge in [0.2, 0.25) is 5.91 Å². The van der Waals surface area contributed by atoms with E-state index in [1.54, 1.807) is 13.3 Å². The molecule has 1 aliphatic heterocycles. The van der Waals surface area contributed by atoms with Crippen molar-refractivity contribution in [2.45, 2.75) is 6.42 Å². The first-order valence-electron chi connectivity index (χ1n) is 7.24. The Morgan fingerprint density at radius 2 is 2.14 bits per heavy atom. The molecule has 1 aromatic carbocycles. The van der Waals surface area contributed by atoms with Crippen molar-refractivity contribution in [3.63, 3.8) is 0 Å². The van der Waals surface area contributed by atoms with Crippen LogP contribution in [0.15, 0.2) is 42.6 Å². The smallest absolute Gasteiger partial charge is 0.229 e. The molecule has 0 unspecified atom stereocenters. The molecule has 2 aromatic rings. The van der Waals surface area contributed by atoms with Crippen molar-refractivity contribution in [2.75, 3.05) is 30.4 Å². The van der Waals surface area contributed by atoms with Gasteiger partial charge in [0.25, 0.3) is 0 Å². The van der Waals surface area contributed by atoms with Gasteiger partial charge in [-0.25, -0.2) is 0 Å². The summed E-state index contributed by atoms with van der Waals surface area (Å²) in [6, 6.07) is 11.1. The van der Waals surface area contributed by atoms with Gasteiger partial charge in [0.15, 0.2) is 5.82 Å². The molecule has 0 bridgehead atoms. The Kier molecular flexibility index (Phi) is 4.18. The van der Waals surface area contributed by atoms with E-state index in [9.17, 15) is 4.79 Å². The molecule has 1 aliphatic rings. The Hall–Kier alpha value is -2.63. The number of nitrogens with one attached hydrogen (secondary N) is 1. The molecule has 1 aromatic heterocycles. The quantitative estimate of drug-likeness (QED) is 0.934. The van der Waals surface area contributed by atoms with Crippen LogP contribution in [0.3, 0.4) is 0 Å². The number of benzene rings is 1. The zero-order valence-electron chi connectivity index (χ0n) is 12.4. The number of nitrogens with zero attached hydrogens (tertiary/aromatic N) is 3. The highest BCUT2D eigenvalue weighted by molar-refractivity contribution is 5.93. The second kappa shape index (κ2) is 6.43. The lowest BCUT2D eigenvalue weighted by molar-refractivity contribution is -0.119. The molecule has 3 rings (SSSR count). The van der Waals surface area contributed by atoms with Crippen molar-refractivity contribution in [3.8, 4) is 5.75 Å². The Morgan fingerprint density at radius 3 is 2.82 bits per heavy atom. The predicted molar refractivity (Wildman–Crippen MR) is 84.0 cm³/mol. The number of anilines is 2. The standard InChI is InChI=1S/C16H18N4O2/c1-22-14-6-4-13(5-7-14)18-16(21)12-8-10-20(11-12)15-3-2-9-17-19-15/h2-7,9,12H,8,10-11H2,1H3,(H,18,21)/t12-/m0/s1. The Labute approximate surface area is 129 Å². The van der Waals surface area contributed by atoms with E-state index >= 15 is 0 Å². The van der Waals surface area contributed by atoms with Crippen molar-refractivity contribution >= 4 is 17.4 Å². The van der Waals surface area contributed by atoms with E-state index < -0.39 is 0 Å². The average Bonchev–Trinajstić information content (AvgIpc) is 3.06. The predicted octanol–water partition coefficient (Wildman–Crippen LogP) is 1.95. The summed E-state index contributed by atoms with van der Waals surface area (Å²) >= 11 is 0. The first-order valence-corrected chi connectivity index (χ1v) is 7.24. The summed E-state index contributed by atoms with van der Waals surface area (Å²) in [6.45, 7) is 1.49. The summed E-state index contributed by atoms with van der Waals surface area (Å²) in [5.74, 6) is 1.59. The summed E-state index contributed by atoms with van der Waals surface area (Å²) in [4.78, 5) is 14.4. The molecule has 0 aliphatic carbocycles. The number of hydrogen-bond donors (Lipinski definition) is 1. The fraction of sp³-hybridized carbons (Fsp3) is 0.312. The molecule has 1 amide bonds. The number of aromatic nitrogens is 2. The van der Waals surface area contributed by atoms with Gasteiger partial charge < -0.3 is 15.0 Å². The van der Waals surface area contributed by atoms with Crippen LogP contribution in [0.1, 0.15) is 6.42 Å². The highest BCUT2D eigenvalue weighted by atomic mass is 16.5. The minimum Gasteiger partial charge on any atom is -0.497 e. The van der Waals surface area contributed by atoms with E-state index in [1.165, 1.54) is 0 Å². The largest absolute Gasteiger partial charge is 0.497 e. The highest BCUT2D eigenvalue weighted by Crippen LogP contribution is 2.23. The van der Waals surface area contributed by atoms with Crippen molar-refractivity contribution < 1.29 is 9.53 Å². The van der Waals surface area contributed by atoms with Gasteiger partial charge in [-0.3, -0.25) is 4.79 Å². The summed E-state index contributed by atoms with van der Waals surface area (Å²) in [5.41, 5.74) is 0.781. The van der Waals surface area contributed by atoms with Crippen LogP contribution in [0.5, 0.6) is 5.75 Å². The molecular formula is C16H18N4O2. The Morgan fingerprint density at radius 1 is 1.32 bits per heavy atom. The van der Waals surface area contributed by atoms with Gasteiger partial charge in [-0.1, -0.05) is 0 Å². The van der Waals surface area contributed by atoms with Crippen LogP contribution in [0.2, 0.25) is 0 Å². The number of carbonyl (C=O) groups is 1. The molecule has 6 nitrogen and oxygen atoms in total. The van der Waals surface area contributed by atoms with Crippen LogP contribution in [0.25, 0.3) is 0 Å². The van der Waals surface area contributed by atoms with Gasteiger partial charge in [0.05, 0.1) is 13.0 Å². The molecule has 0 saturated carbocycles. The number of ether oxygens (including phenoxy) is 1. The van der Waals surface area contributed by atoms with Crippen LogP contribution >= 0.6 is 0 Å². The van der Waals surface area contributed by atoms with Gasteiger partial charge in [-0.05, 0) is 42.8 Å². The van der Waals surface area contributed by atoms with Crippen LogP contribution in [-0.2, 0) is 4.79 Å². The van der Waals surface area contributed by atoms with E-state index in [-0.39, 0.29) is 11.8 Å². The van der Waals surface area contributed by atoms with Crippen LogP contribution < -0.4 is 15.0 Å². The molecule has 22 heavy (non-hydrogen) atoms. The maximum atomic E-state index is 12.3. The fourth-order valence-electron chi connectivity index (χ4n) is 2.56. The van der Waals surface area contributed by atoms with Crippen LogP contribution in [0, 0.1) is 5.92 Å². The Bertz CT molecular complexity index is 630. The molecule has 0 spiro atoms. The second-order valence-electron chi connectivity index (χ2n) is 5.23. The highest BCUT2D eigenvalue weighted by Gasteiger charge is 2.29. The number of amides is 1. The molecule has 1 saturated heterocycles. The van der Waals surface area contributed by atoms with E-state index in [2.05, 4.69) is 20.4 Å². The van der Waals surface area contributed by atoms with Crippen molar-refractivity contribution in [1.29, 1.82) is 0 Å². The van der Waals surface area contributed by atoms with E-state index in [1.807, 2.05) is 36.4 Å². The monoisotopic (exact) mass is 298 g/mol. The van der Waals surface area contributed by atoms with Gasteiger partial charge in [0.1, 0.15) is 5.75 Å². The fourth-order valence-corrected chi connectivity index (χ4v) is 2.56. The molecule has 6 heteroatoms. The summed E-state index contributed by atoms with van der Waals surface area (Å²) < 4.78 is 5.10. The molecular weight excluding hydrogens is 280 g/mol. The number of hydrogen-bond acceptors (Lipinski definition) is 5. The van der Waals surface area contributed by atoms with E-state index in [0.29, 0.717) is 6.54 Å². The normalized spacial score (nSPS) is 17.3. The van der Waals surface area contributed by atoms with Crippen molar-refractivity contribution in [2.24, 2.45) is 5.92 Å². The lowest BCUT2D eigenvalue weighted by atomic mass is 10.1. The first kappa shape index (κ1) is 14.3. The van der Waals surface area contributed by atoms with Crippen molar-refractivity contribution in [1.82, 2.24) is 10.2 Å². The number of rotatable bonds is 4. The third kappa shape index (κ3) is 3.16. The van der Waals surface area contributed by atoms with Gasteiger partial charge in [-0.15, -0.1) is 5.10 Å². The van der Waals surface area contributed by atoms with Gasteiger partial charge in [0, 0.05) is 25.0 Å². The summed E-state index contributed by atoms with van der Waals surface area (Å²) in [5, 5.41) is 10.9. The topological polar surface area (TPSA) is 67.3 Å². The molecule has 0 radical (unpaired) electrons. The lowest BCUT2D eigenvalue weighted by Gasteiger charge is -2.16. The third-order valence-corrected chi connectivity index (χ3v) is 3.80. The van der Waals surface area contributed by atoms with Gasteiger partial charge >= 0.3 is 0 Å². The minimum absolute atomic E-state index is 0.0379. The summed E-state index contributed by atoms with van der Waals surface area (Å²) in [7, 11) is 1.62. The SMILES string of the molecule is COc1ccc(NC(=O)[C@H]2CCN(c3cccnn3)C2)cc1. The van der Waals surface area contributed by atoms with E-state index in [4.69, 9.17) is 4.74 Å². The van der Waals surface area contributed by atoms with E-state index in [0.717, 1.165) is 30.2 Å².